The van der Waals surface area contributed by atoms with Crippen LogP contribution in [0.1, 0.15) is 21.8 Å². The van der Waals surface area contributed by atoms with E-state index in [2.05, 4.69) is 15.6 Å². The van der Waals surface area contributed by atoms with Crippen LogP contribution in [0.5, 0.6) is 0 Å². The zero-order chi connectivity index (χ0) is 23.9. The van der Waals surface area contributed by atoms with Crippen molar-refractivity contribution in [3.05, 3.63) is 86.1 Å². The Hall–Kier alpha value is -1.73. The molecule has 2 atom stereocenters. The topological polar surface area (TPSA) is 71.1 Å². The Labute approximate surface area is 219 Å². The van der Waals surface area contributed by atoms with Crippen molar-refractivity contribution < 1.29 is 9.59 Å². The zero-order valence-electron chi connectivity index (χ0n) is 16.4. The molecule has 0 saturated heterocycles. The Balaban J connectivity index is 1.51. The number of hydrogen-bond acceptors (Lipinski definition) is 3. The monoisotopic (exact) mass is 561 g/mol. The standard InChI is InChI=1S/C22H13Cl6N3O2/c23-11-5-10(6-12(24)7-11)18-19(22(18,27)28)21(33)31-13-1-2-16(25)15(8-13)20(32)30-14-3-4-29-17(26)9-14/h1-9,18-19H,(H,31,33)(H,29,30,32)/t18-,19+/m0/s1. The molecule has 1 heterocycles. The van der Waals surface area contributed by atoms with E-state index in [0.717, 1.165) is 0 Å². The third-order valence-electron chi connectivity index (χ3n) is 5.04. The van der Waals surface area contributed by atoms with Crippen molar-refractivity contribution in [1.82, 2.24) is 4.98 Å². The van der Waals surface area contributed by atoms with E-state index in [1.807, 2.05) is 0 Å². The number of nitrogens with one attached hydrogen (secondary N) is 2. The van der Waals surface area contributed by atoms with Gasteiger partial charge in [-0.25, -0.2) is 4.98 Å². The maximum Gasteiger partial charge on any atom is 0.257 e. The van der Waals surface area contributed by atoms with Gasteiger partial charge in [-0.05, 0) is 54.1 Å². The van der Waals surface area contributed by atoms with E-state index in [0.29, 0.717) is 27.0 Å². The number of alkyl halides is 2. The van der Waals surface area contributed by atoms with Crippen LogP contribution in [0, 0.1) is 5.92 Å². The fourth-order valence-corrected chi connectivity index (χ4v) is 5.25. The van der Waals surface area contributed by atoms with Crippen molar-refractivity contribution in [2.24, 2.45) is 5.92 Å². The molecule has 1 fully saturated rings. The number of carbonyl (C=O) groups is 2. The molecule has 0 bridgehead atoms. The molecule has 4 rings (SSSR count). The number of nitrogens with zero attached hydrogens (tertiary/aromatic N) is 1. The summed E-state index contributed by atoms with van der Waals surface area (Å²) in [5, 5.41) is 6.68. The molecule has 0 radical (unpaired) electrons. The second-order valence-corrected chi connectivity index (χ2v) is 10.4. The normalized spacial score (nSPS) is 18.5. The second kappa shape index (κ2) is 9.49. The van der Waals surface area contributed by atoms with Crippen LogP contribution in [0.15, 0.2) is 54.7 Å². The molecule has 2 N–H and O–H groups in total. The van der Waals surface area contributed by atoms with E-state index < -0.39 is 28.0 Å². The van der Waals surface area contributed by atoms with Gasteiger partial charge in [-0.15, -0.1) is 23.2 Å². The van der Waals surface area contributed by atoms with Gasteiger partial charge >= 0.3 is 0 Å². The summed E-state index contributed by atoms with van der Waals surface area (Å²) in [7, 11) is 0. The predicted molar refractivity (Wildman–Crippen MR) is 134 cm³/mol. The van der Waals surface area contributed by atoms with Crippen LogP contribution in [0.4, 0.5) is 11.4 Å². The van der Waals surface area contributed by atoms with E-state index >= 15 is 0 Å². The number of hydrogen-bond donors (Lipinski definition) is 2. The molecule has 1 aliphatic rings. The van der Waals surface area contributed by atoms with Crippen molar-refractivity contribution in [1.29, 1.82) is 0 Å². The molecule has 11 heteroatoms. The Bertz CT molecular complexity index is 1250. The molecule has 1 aliphatic carbocycles. The van der Waals surface area contributed by atoms with Crippen molar-refractivity contribution in [3.8, 4) is 0 Å². The van der Waals surface area contributed by atoms with Crippen molar-refractivity contribution >= 4 is 92.8 Å². The highest BCUT2D eigenvalue weighted by molar-refractivity contribution is 6.53. The first-order chi connectivity index (χ1) is 15.6. The van der Waals surface area contributed by atoms with Crippen LogP contribution in [-0.4, -0.2) is 21.1 Å². The highest BCUT2D eigenvalue weighted by atomic mass is 35.5. The minimum atomic E-state index is -1.33. The van der Waals surface area contributed by atoms with Crippen molar-refractivity contribution in [2.75, 3.05) is 10.6 Å². The molecule has 0 unspecified atom stereocenters. The van der Waals surface area contributed by atoms with Crippen LogP contribution < -0.4 is 10.6 Å². The van der Waals surface area contributed by atoms with Gasteiger partial charge in [0.25, 0.3) is 5.91 Å². The maximum atomic E-state index is 12.9. The maximum absolute atomic E-state index is 12.9. The number of amides is 2. The minimum absolute atomic E-state index is 0.152. The number of aromatic nitrogens is 1. The first-order valence-electron chi connectivity index (χ1n) is 9.43. The van der Waals surface area contributed by atoms with Crippen LogP contribution in [0.2, 0.25) is 20.2 Å². The largest absolute Gasteiger partial charge is 0.326 e. The number of halogens is 6. The summed E-state index contributed by atoms with van der Waals surface area (Å²) in [5.41, 5.74) is 1.60. The van der Waals surface area contributed by atoms with Gasteiger partial charge in [0.15, 0.2) is 0 Å². The third kappa shape index (κ3) is 5.35. The van der Waals surface area contributed by atoms with Crippen molar-refractivity contribution in [3.63, 3.8) is 0 Å². The Kier molecular flexibility index (Phi) is 7.02. The van der Waals surface area contributed by atoms with Crippen molar-refractivity contribution in [2.45, 2.75) is 10.3 Å². The smallest absolute Gasteiger partial charge is 0.257 e. The Morgan fingerprint density at radius 3 is 2.18 bits per heavy atom. The van der Waals surface area contributed by atoms with E-state index in [4.69, 9.17) is 69.6 Å². The lowest BCUT2D eigenvalue weighted by atomic mass is 10.1. The lowest BCUT2D eigenvalue weighted by Crippen LogP contribution is -2.18. The van der Waals surface area contributed by atoms with E-state index in [9.17, 15) is 9.59 Å². The van der Waals surface area contributed by atoms with Gasteiger partial charge in [0, 0.05) is 33.5 Å². The van der Waals surface area contributed by atoms with Crippen LogP contribution in [-0.2, 0) is 4.79 Å². The molecule has 3 aromatic rings. The average Bonchev–Trinajstić information content (AvgIpc) is 3.31. The first-order valence-corrected chi connectivity index (χ1v) is 11.7. The number of pyridine rings is 1. The number of carbonyl (C=O) groups excluding carboxylic acids is 2. The molecular formula is C22H13Cl6N3O2. The summed E-state index contributed by atoms with van der Waals surface area (Å²) in [5.74, 6) is -2.15. The number of rotatable bonds is 5. The quantitative estimate of drug-likeness (QED) is 0.250. The van der Waals surface area contributed by atoms with Crippen LogP contribution >= 0.6 is 69.6 Å². The number of benzene rings is 2. The second-order valence-electron chi connectivity index (χ2n) is 7.34. The van der Waals surface area contributed by atoms with Gasteiger partial charge in [0.2, 0.25) is 5.91 Å². The highest BCUT2D eigenvalue weighted by Crippen LogP contribution is 2.65. The van der Waals surface area contributed by atoms with E-state index in [1.165, 1.54) is 24.4 Å². The molecule has 1 saturated carbocycles. The molecule has 2 amide bonds. The zero-order valence-corrected chi connectivity index (χ0v) is 20.9. The third-order valence-corrected chi connectivity index (χ3v) is 6.96. The Morgan fingerprint density at radius 2 is 1.52 bits per heavy atom. The molecule has 0 spiro atoms. The molecular weight excluding hydrogens is 551 g/mol. The predicted octanol–water partition coefficient (Wildman–Crippen LogP) is 7.47. The van der Waals surface area contributed by atoms with Gasteiger partial charge in [0.1, 0.15) is 9.49 Å². The first kappa shape index (κ1) is 24.4. The summed E-state index contributed by atoms with van der Waals surface area (Å²) in [4.78, 5) is 29.5. The van der Waals surface area contributed by atoms with Crippen LogP contribution in [0.25, 0.3) is 0 Å². The van der Waals surface area contributed by atoms with Gasteiger partial charge in [0.05, 0.1) is 16.5 Å². The summed E-state index contributed by atoms with van der Waals surface area (Å²) in [6.45, 7) is 0. The molecule has 5 nitrogen and oxygen atoms in total. The average molecular weight is 564 g/mol. The number of anilines is 2. The van der Waals surface area contributed by atoms with Gasteiger partial charge < -0.3 is 10.6 Å². The minimum Gasteiger partial charge on any atom is -0.326 e. The molecule has 33 heavy (non-hydrogen) atoms. The van der Waals surface area contributed by atoms with Gasteiger partial charge in [-0.2, -0.15) is 0 Å². The summed E-state index contributed by atoms with van der Waals surface area (Å²) in [6, 6.07) is 12.5. The highest BCUT2D eigenvalue weighted by Gasteiger charge is 2.67. The van der Waals surface area contributed by atoms with E-state index in [-0.39, 0.29) is 15.7 Å². The summed E-state index contributed by atoms with van der Waals surface area (Å²) in [6.07, 6.45) is 1.46. The SMILES string of the molecule is O=C(Nc1ccnc(Cl)c1)c1cc(NC(=O)[C@H]2[C@H](c3cc(Cl)cc(Cl)c3)C2(Cl)Cl)ccc1Cl. The lowest BCUT2D eigenvalue weighted by molar-refractivity contribution is -0.117. The summed E-state index contributed by atoms with van der Waals surface area (Å²) < 4.78 is -1.33. The van der Waals surface area contributed by atoms with Gasteiger partial charge in [-0.3, -0.25) is 9.59 Å². The van der Waals surface area contributed by atoms with E-state index in [1.54, 1.807) is 30.3 Å². The lowest BCUT2D eigenvalue weighted by Gasteiger charge is -2.10. The Morgan fingerprint density at radius 1 is 0.848 bits per heavy atom. The molecule has 2 aromatic carbocycles. The molecule has 1 aromatic heterocycles. The molecule has 0 aliphatic heterocycles. The molecule has 170 valence electrons. The fraction of sp³-hybridized carbons (Fsp3) is 0.136. The van der Waals surface area contributed by atoms with Crippen LogP contribution in [0.3, 0.4) is 0 Å². The fourth-order valence-electron chi connectivity index (χ4n) is 3.50. The summed E-state index contributed by atoms with van der Waals surface area (Å²) >= 11 is 37.0. The van der Waals surface area contributed by atoms with Gasteiger partial charge in [-0.1, -0.05) is 46.4 Å².